The van der Waals surface area contributed by atoms with Crippen LogP contribution < -0.4 is 0 Å². The van der Waals surface area contributed by atoms with Crippen LogP contribution in [-0.2, 0) is 7.05 Å². The molecule has 1 heterocycles. The molecular formula is C7H8F2N2. The SMILES string of the molecule is Cn1ccc(C2CC2(F)F)n1. The van der Waals surface area contributed by atoms with E-state index in [9.17, 15) is 8.78 Å². The fraction of sp³-hybridized carbons (Fsp3) is 0.571. The molecule has 1 saturated carbocycles. The average Bonchev–Trinajstić information content (AvgIpc) is 2.39. The Morgan fingerprint density at radius 2 is 2.36 bits per heavy atom. The standard InChI is InChI=1S/C7H8F2N2/c1-11-3-2-6(10-11)5-4-7(5,8)9/h2-3,5H,4H2,1H3. The van der Waals surface area contributed by atoms with E-state index >= 15 is 0 Å². The van der Waals surface area contributed by atoms with Gasteiger partial charge in [-0.05, 0) is 6.07 Å². The summed E-state index contributed by atoms with van der Waals surface area (Å²) in [5.41, 5.74) is 0.512. The summed E-state index contributed by atoms with van der Waals surface area (Å²) in [5, 5.41) is 3.90. The summed E-state index contributed by atoms with van der Waals surface area (Å²) in [7, 11) is 1.73. The molecule has 1 unspecified atom stereocenters. The summed E-state index contributed by atoms with van der Waals surface area (Å²) in [4.78, 5) is 0. The van der Waals surface area contributed by atoms with E-state index in [1.165, 1.54) is 0 Å². The molecule has 0 radical (unpaired) electrons. The molecule has 0 amide bonds. The van der Waals surface area contributed by atoms with Gasteiger partial charge in [0.2, 0.25) is 0 Å². The van der Waals surface area contributed by atoms with Crippen LogP contribution in [0.3, 0.4) is 0 Å². The number of nitrogens with zero attached hydrogens (tertiary/aromatic N) is 2. The third-order valence-electron chi connectivity index (χ3n) is 1.92. The second-order valence-corrected chi connectivity index (χ2v) is 2.93. The van der Waals surface area contributed by atoms with Crippen molar-refractivity contribution in [1.29, 1.82) is 0 Å². The molecular weight excluding hydrogens is 150 g/mol. The van der Waals surface area contributed by atoms with E-state index in [1.54, 1.807) is 24.0 Å². The van der Waals surface area contributed by atoms with E-state index < -0.39 is 11.8 Å². The van der Waals surface area contributed by atoms with Gasteiger partial charge in [-0.15, -0.1) is 0 Å². The van der Waals surface area contributed by atoms with Gasteiger partial charge in [-0.3, -0.25) is 4.68 Å². The summed E-state index contributed by atoms with van der Waals surface area (Å²) in [6, 6.07) is 1.64. The zero-order valence-electron chi connectivity index (χ0n) is 6.09. The zero-order chi connectivity index (χ0) is 8.06. The van der Waals surface area contributed by atoms with E-state index in [0.717, 1.165) is 0 Å². The number of rotatable bonds is 1. The first-order valence-corrected chi connectivity index (χ1v) is 3.47. The number of aryl methyl sites for hydroxylation is 1. The predicted octanol–water partition coefficient (Wildman–Crippen LogP) is 1.54. The number of hydrogen-bond donors (Lipinski definition) is 0. The van der Waals surface area contributed by atoms with Gasteiger partial charge in [0, 0.05) is 19.7 Å². The van der Waals surface area contributed by atoms with E-state index in [2.05, 4.69) is 5.10 Å². The minimum Gasteiger partial charge on any atom is -0.276 e. The molecule has 2 nitrogen and oxygen atoms in total. The third-order valence-corrected chi connectivity index (χ3v) is 1.92. The Balaban J connectivity index is 2.20. The van der Waals surface area contributed by atoms with E-state index in [0.29, 0.717) is 5.69 Å². The lowest BCUT2D eigenvalue weighted by Gasteiger charge is -1.91. The summed E-state index contributed by atoms with van der Waals surface area (Å²) < 4.78 is 26.4. The molecule has 0 saturated heterocycles. The smallest absolute Gasteiger partial charge is 0.257 e. The highest BCUT2D eigenvalue weighted by Crippen LogP contribution is 2.55. The molecule has 0 bridgehead atoms. The normalized spacial score (nSPS) is 27.0. The Morgan fingerprint density at radius 1 is 1.73 bits per heavy atom. The van der Waals surface area contributed by atoms with Crippen LogP contribution in [-0.4, -0.2) is 15.7 Å². The van der Waals surface area contributed by atoms with Gasteiger partial charge in [0.1, 0.15) is 0 Å². The molecule has 0 spiro atoms. The molecule has 1 aromatic heterocycles. The van der Waals surface area contributed by atoms with Crippen molar-refractivity contribution in [3.8, 4) is 0 Å². The van der Waals surface area contributed by atoms with Crippen LogP contribution in [0, 0.1) is 0 Å². The van der Waals surface area contributed by atoms with Crippen molar-refractivity contribution >= 4 is 0 Å². The molecule has 60 valence electrons. The molecule has 11 heavy (non-hydrogen) atoms. The molecule has 0 aliphatic heterocycles. The first kappa shape index (κ1) is 6.76. The van der Waals surface area contributed by atoms with Crippen LogP contribution in [0.4, 0.5) is 8.78 Å². The first-order valence-electron chi connectivity index (χ1n) is 3.47. The summed E-state index contributed by atoms with van der Waals surface area (Å²) in [5.74, 6) is -3.11. The van der Waals surface area contributed by atoms with E-state index in [-0.39, 0.29) is 6.42 Å². The maximum Gasteiger partial charge on any atom is 0.257 e. The molecule has 2 rings (SSSR count). The van der Waals surface area contributed by atoms with E-state index in [1.807, 2.05) is 0 Å². The van der Waals surface area contributed by atoms with Crippen LogP contribution in [0.2, 0.25) is 0 Å². The quantitative estimate of drug-likeness (QED) is 0.606. The maximum absolute atomic E-state index is 12.4. The highest BCUT2D eigenvalue weighted by Gasteiger charge is 2.58. The van der Waals surface area contributed by atoms with Gasteiger partial charge in [-0.2, -0.15) is 5.10 Å². The molecule has 1 atom stereocenters. The minimum absolute atomic E-state index is 0.0377. The van der Waals surface area contributed by atoms with Crippen LogP contribution >= 0.6 is 0 Å². The van der Waals surface area contributed by atoms with Gasteiger partial charge in [-0.25, -0.2) is 8.78 Å². The first-order chi connectivity index (χ1) is 5.09. The Morgan fingerprint density at radius 3 is 2.73 bits per heavy atom. The number of alkyl halides is 2. The second kappa shape index (κ2) is 1.81. The zero-order valence-corrected chi connectivity index (χ0v) is 6.09. The number of hydrogen-bond acceptors (Lipinski definition) is 1. The van der Waals surface area contributed by atoms with Gasteiger partial charge >= 0.3 is 0 Å². The Labute approximate surface area is 62.8 Å². The van der Waals surface area contributed by atoms with Crippen LogP contribution in [0.25, 0.3) is 0 Å². The third kappa shape index (κ3) is 1.02. The Bertz CT molecular complexity index is 280. The molecule has 0 aromatic carbocycles. The summed E-state index contributed by atoms with van der Waals surface area (Å²) in [6.07, 6.45) is 1.65. The lowest BCUT2D eigenvalue weighted by molar-refractivity contribution is 0.111. The highest BCUT2D eigenvalue weighted by atomic mass is 19.3. The van der Waals surface area contributed by atoms with Gasteiger partial charge in [-0.1, -0.05) is 0 Å². The fourth-order valence-corrected chi connectivity index (χ4v) is 1.15. The molecule has 0 N–H and O–H groups in total. The second-order valence-electron chi connectivity index (χ2n) is 2.93. The van der Waals surface area contributed by atoms with E-state index in [4.69, 9.17) is 0 Å². The van der Waals surface area contributed by atoms with Crippen molar-refractivity contribution < 1.29 is 8.78 Å². The van der Waals surface area contributed by atoms with Crippen molar-refractivity contribution in [2.24, 2.45) is 7.05 Å². The molecule has 1 aliphatic carbocycles. The highest BCUT2D eigenvalue weighted by molar-refractivity contribution is 5.20. The van der Waals surface area contributed by atoms with Crippen molar-refractivity contribution in [2.45, 2.75) is 18.3 Å². The van der Waals surface area contributed by atoms with Crippen molar-refractivity contribution in [3.05, 3.63) is 18.0 Å². The Hall–Kier alpha value is -0.930. The molecule has 1 fully saturated rings. The Kier molecular flexibility index (Phi) is 1.11. The minimum atomic E-state index is -2.49. The van der Waals surface area contributed by atoms with Crippen LogP contribution in [0.15, 0.2) is 12.3 Å². The monoisotopic (exact) mass is 158 g/mol. The molecule has 1 aliphatic rings. The molecule has 4 heteroatoms. The number of aromatic nitrogens is 2. The summed E-state index contributed by atoms with van der Waals surface area (Å²) in [6.45, 7) is 0. The van der Waals surface area contributed by atoms with Gasteiger partial charge in [0.25, 0.3) is 5.92 Å². The predicted molar refractivity (Wildman–Crippen MR) is 35.5 cm³/mol. The number of halogens is 2. The molecule has 1 aromatic rings. The summed E-state index contributed by atoms with van der Waals surface area (Å²) >= 11 is 0. The van der Waals surface area contributed by atoms with Gasteiger partial charge in [0.15, 0.2) is 0 Å². The van der Waals surface area contributed by atoms with Crippen molar-refractivity contribution in [3.63, 3.8) is 0 Å². The fourth-order valence-electron chi connectivity index (χ4n) is 1.15. The van der Waals surface area contributed by atoms with Crippen LogP contribution in [0.1, 0.15) is 18.0 Å². The average molecular weight is 158 g/mol. The lowest BCUT2D eigenvalue weighted by atomic mass is 10.3. The van der Waals surface area contributed by atoms with Crippen molar-refractivity contribution in [2.75, 3.05) is 0 Å². The maximum atomic E-state index is 12.4. The lowest BCUT2D eigenvalue weighted by Crippen LogP contribution is -1.95. The van der Waals surface area contributed by atoms with Crippen molar-refractivity contribution in [1.82, 2.24) is 9.78 Å². The largest absolute Gasteiger partial charge is 0.276 e. The topological polar surface area (TPSA) is 17.8 Å². The van der Waals surface area contributed by atoms with Crippen LogP contribution in [0.5, 0.6) is 0 Å². The van der Waals surface area contributed by atoms with Gasteiger partial charge in [0.05, 0.1) is 11.6 Å². The van der Waals surface area contributed by atoms with Gasteiger partial charge < -0.3 is 0 Å².